The van der Waals surface area contributed by atoms with Crippen LogP contribution in [0.3, 0.4) is 0 Å². The second-order valence-corrected chi connectivity index (χ2v) is 4.42. The van der Waals surface area contributed by atoms with Crippen LogP contribution in [0.4, 0.5) is 11.4 Å². The topological polar surface area (TPSA) is 34.0 Å². The first kappa shape index (κ1) is 13.3. The number of aryl methyl sites for hydroxylation is 2. The molecule has 0 saturated carbocycles. The highest BCUT2D eigenvalue weighted by Crippen LogP contribution is 2.25. The molecule has 0 aliphatic carbocycles. The average molecular weight is 254 g/mol. The Bertz CT molecular complexity index is 574. The lowest BCUT2D eigenvalue weighted by Gasteiger charge is -2.06. The van der Waals surface area contributed by atoms with Crippen molar-refractivity contribution in [1.82, 2.24) is 0 Å². The Kier molecular flexibility index (Phi) is 4.29. The van der Waals surface area contributed by atoms with Gasteiger partial charge in [-0.3, -0.25) is 0 Å². The van der Waals surface area contributed by atoms with E-state index in [0.717, 1.165) is 22.7 Å². The van der Waals surface area contributed by atoms with E-state index in [1.807, 2.05) is 56.3 Å². The molecule has 0 atom stereocenters. The van der Waals surface area contributed by atoms with Gasteiger partial charge in [-0.15, -0.1) is 0 Å². The van der Waals surface area contributed by atoms with Crippen LogP contribution in [0.15, 0.2) is 52.7 Å². The van der Waals surface area contributed by atoms with Crippen LogP contribution >= 0.6 is 0 Å². The van der Waals surface area contributed by atoms with Gasteiger partial charge in [0.25, 0.3) is 0 Å². The third-order valence-electron chi connectivity index (χ3n) is 2.77. The van der Waals surface area contributed by atoms with E-state index in [4.69, 9.17) is 4.74 Å². The minimum absolute atomic E-state index is 0.672. The summed E-state index contributed by atoms with van der Waals surface area (Å²) in [4.78, 5) is 0. The first-order chi connectivity index (χ1) is 9.19. The summed E-state index contributed by atoms with van der Waals surface area (Å²) in [5, 5.41) is 8.46. The maximum Gasteiger partial charge on any atom is 0.122 e. The van der Waals surface area contributed by atoms with Gasteiger partial charge in [0.15, 0.2) is 0 Å². The minimum Gasteiger partial charge on any atom is -0.494 e. The molecule has 0 unspecified atom stereocenters. The fourth-order valence-corrected chi connectivity index (χ4v) is 1.74. The van der Waals surface area contributed by atoms with Crippen molar-refractivity contribution >= 4 is 11.4 Å². The van der Waals surface area contributed by atoms with Crippen molar-refractivity contribution in [3.8, 4) is 5.75 Å². The Morgan fingerprint density at radius 2 is 1.53 bits per heavy atom. The summed E-state index contributed by atoms with van der Waals surface area (Å²) < 4.78 is 5.50. The minimum atomic E-state index is 0.672. The summed E-state index contributed by atoms with van der Waals surface area (Å²) in [6, 6.07) is 13.8. The van der Waals surface area contributed by atoms with Gasteiger partial charge < -0.3 is 4.74 Å². The van der Waals surface area contributed by atoms with Gasteiger partial charge in [0.1, 0.15) is 5.75 Å². The number of hydrogen-bond acceptors (Lipinski definition) is 3. The predicted molar refractivity (Wildman–Crippen MR) is 77.7 cm³/mol. The standard InChI is InChI=1S/C16H18N2O/c1-4-19-16-10-9-15(11-13(16)3)18-17-14-7-5-12(2)6-8-14/h5-11H,4H2,1-3H3/b18-17+. The van der Waals surface area contributed by atoms with Crippen LogP contribution in [-0.2, 0) is 0 Å². The van der Waals surface area contributed by atoms with Crippen molar-refractivity contribution in [2.24, 2.45) is 10.2 Å². The molecular formula is C16H18N2O. The molecule has 2 aromatic carbocycles. The third kappa shape index (κ3) is 3.65. The van der Waals surface area contributed by atoms with Gasteiger partial charge in [-0.2, -0.15) is 10.2 Å². The van der Waals surface area contributed by atoms with E-state index in [-0.39, 0.29) is 0 Å². The molecule has 0 aromatic heterocycles. The normalized spacial score (nSPS) is 10.9. The highest BCUT2D eigenvalue weighted by Gasteiger charge is 1.99. The SMILES string of the molecule is CCOc1ccc(/N=N/c2ccc(C)cc2)cc1C. The molecule has 3 nitrogen and oxygen atoms in total. The lowest BCUT2D eigenvalue weighted by Crippen LogP contribution is -1.92. The van der Waals surface area contributed by atoms with Crippen molar-refractivity contribution in [1.29, 1.82) is 0 Å². The molecule has 0 heterocycles. The van der Waals surface area contributed by atoms with Gasteiger partial charge in [-0.25, -0.2) is 0 Å². The van der Waals surface area contributed by atoms with E-state index in [1.165, 1.54) is 5.56 Å². The fourth-order valence-electron chi connectivity index (χ4n) is 1.74. The van der Waals surface area contributed by atoms with Crippen molar-refractivity contribution in [2.45, 2.75) is 20.8 Å². The quantitative estimate of drug-likeness (QED) is 0.697. The van der Waals surface area contributed by atoms with Gasteiger partial charge in [0, 0.05) is 0 Å². The first-order valence-electron chi connectivity index (χ1n) is 6.41. The molecule has 2 rings (SSSR count). The van der Waals surface area contributed by atoms with Crippen molar-refractivity contribution in [3.63, 3.8) is 0 Å². The molecular weight excluding hydrogens is 236 g/mol. The zero-order chi connectivity index (χ0) is 13.7. The predicted octanol–water partition coefficient (Wildman–Crippen LogP) is 5.12. The summed E-state index contributed by atoms with van der Waals surface area (Å²) >= 11 is 0. The zero-order valence-electron chi connectivity index (χ0n) is 11.6. The van der Waals surface area contributed by atoms with E-state index in [1.54, 1.807) is 0 Å². The molecule has 0 N–H and O–H groups in total. The molecule has 0 aliphatic heterocycles. The molecule has 3 heteroatoms. The third-order valence-corrected chi connectivity index (χ3v) is 2.77. The highest BCUT2D eigenvalue weighted by atomic mass is 16.5. The van der Waals surface area contributed by atoms with Gasteiger partial charge in [0.2, 0.25) is 0 Å². The number of hydrogen-bond donors (Lipinski definition) is 0. The average Bonchev–Trinajstić information content (AvgIpc) is 2.41. The van der Waals surface area contributed by atoms with E-state index in [2.05, 4.69) is 17.2 Å². The largest absolute Gasteiger partial charge is 0.494 e. The molecule has 0 saturated heterocycles. The molecule has 2 aromatic rings. The Labute approximate surface area is 114 Å². The van der Waals surface area contributed by atoms with Crippen LogP contribution in [-0.4, -0.2) is 6.61 Å². The van der Waals surface area contributed by atoms with Gasteiger partial charge in [-0.05, 0) is 56.7 Å². The Balaban J connectivity index is 2.14. The second kappa shape index (κ2) is 6.14. The van der Waals surface area contributed by atoms with Gasteiger partial charge >= 0.3 is 0 Å². The van der Waals surface area contributed by atoms with Crippen LogP contribution in [0.5, 0.6) is 5.75 Å². The van der Waals surface area contributed by atoms with Crippen molar-refractivity contribution in [2.75, 3.05) is 6.61 Å². The molecule has 0 bridgehead atoms. The molecule has 0 spiro atoms. The van der Waals surface area contributed by atoms with Crippen LogP contribution < -0.4 is 4.74 Å². The first-order valence-corrected chi connectivity index (χ1v) is 6.41. The lowest BCUT2D eigenvalue weighted by molar-refractivity contribution is 0.338. The molecule has 0 aliphatic rings. The Morgan fingerprint density at radius 1 is 0.895 bits per heavy atom. The monoisotopic (exact) mass is 254 g/mol. The van der Waals surface area contributed by atoms with E-state index < -0.39 is 0 Å². The molecule has 19 heavy (non-hydrogen) atoms. The number of nitrogens with zero attached hydrogens (tertiary/aromatic N) is 2. The van der Waals surface area contributed by atoms with Crippen molar-refractivity contribution in [3.05, 3.63) is 53.6 Å². The van der Waals surface area contributed by atoms with Crippen LogP contribution in [0.2, 0.25) is 0 Å². The summed E-state index contributed by atoms with van der Waals surface area (Å²) in [6.45, 7) is 6.71. The Hall–Kier alpha value is -2.16. The molecule has 98 valence electrons. The lowest BCUT2D eigenvalue weighted by atomic mass is 10.2. The van der Waals surface area contributed by atoms with Crippen LogP contribution in [0, 0.1) is 13.8 Å². The Morgan fingerprint density at radius 3 is 2.16 bits per heavy atom. The van der Waals surface area contributed by atoms with E-state index >= 15 is 0 Å². The summed E-state index contributed by atoms with van der Waals surface area (Å²) in [5.41, 5.74) is 3.98. The summed E-state index contributed by atoms with van der Waals surface area (Å²) in [6.07, 6.45) is 0. The second-order valence-electron chi connectivity index (χ2n) is 4.42. The van der Waals surface area contributed by atoms with Crippen LogP contribution in [0.25, 0.3) is 0 Å². The molecule has 0 amide bonds. The van der Waals surface area contributed by atoms with Gasteiger partial charge in [-0.1, -0.05) is 17.7 Å². The van der Waals surface area contributed by atoms with E-state index in [9.17, 15) is 0 Å². The van der Waals surface area contributed by atoms with Gasteiger partial charge in [0.05, 0.1) is 18.0 Å². The number of rotatable bonds is 4. The number of benzene rings is 2. The molecule has 0 radical (unpaired) electrons. The zero-order valence-corrected chi connectivity index (χ0v) is 11.6. The van der Waals surface area contributed by atoms with Crippen LogP contribution in [0.1, 0.15) is 18.1 Å². The summed E-state index contributed by atoms with van der Waals surface area (Å²) in [5.74, 6) is 0.900. The maximum absolute atomic E-state index is 5.50. The van der Waals surface area contributed by atoms with Crippen molar-refractivity contribution < 1.29 is 4.74 Å². The smallest absolute Gasteiger partial charge is 0.122 e. The maximum atomic E-state index is 5.50. The van der Waals surface area contributed by atoms with E-state index in [0.29, 0.717) is 6.61 Å². The number of ether oxygens (including phenoxy) is 1. The number of azo groups is 1. The fraction of sp³-hybridized carbons (Fsp3) is 0.250. The molecule has 0 fully saturated rings. The summed E-state index contributed by atoms with van der Waals surface area (Å²) in [7, 11) is 0. The highest BCUT2D eigenvalue weighted by molar-refractivity contribution is 5.47.